The highest BCUT2D eigenvalue weighted by Gasteiger charge is 2.18. The monoisotopic (exact) mass is 261 g/mol. The van der Waals surface area contributed by atoms with E-state index in [0.29, 0.717) is 19.0 Å². The van der Waals surface area contributed by atoms with Gasteiger partial charge in [-0.2, -0.15) is 0 Å². The van der Waals surface area contributed by atoms with Crippen LogP contribution in [0.4, 0.5) is 5.13 Å². The number of nitrogens with zero attached hydrogens (tertiary/aromatic N) is 1. The van der Waals surface area contributed by atoms with Crippen molar-refractivity contribution in [1.29, 1.82) is 0 Å². The van der Waals surface area contributed by atoms with Crippen molar-refractivity contribution in [3.8, 4) is 0 Å². The minimum absolute atomic E-state index is 0.146. The summed E-state index contributed by atoms with van der Waals surface area (Å²) in [5, 5.41) is 7.22. The van der Waals surface area contributed by atoms with Crippen molar-refractivity contribution in [2.24, 2.45) is 0 Å². The van der Waals surface area contributed by atoms with E-state index in [1.54, 1.807) is 11.3 Å². The Morgan fingerprint density at radius 1 is 1.50 bits per heavy atom. The number of hydrogen-bond acceptors (Lipinski definition) is 4. The maximum Gasteiger partial charge on any atom is 0.220 e. The molecule has 0 spiro atoms. The van der Waals surface area contributed by atoms with Crippen molar-refractivity contribution in [3.05, 3.63) is 23.8 Å². The van der Waals surface area contributed by atoms with E-state index in [1.165, 1.54) is 10.3 Å². The number of piperidine rings is 1. The maximum atomic E-state index is 11.1. The Bertz CT molecular complexity index is 583. The molecule has 2 aromatic rings. The van der Waals surface area contributed by atoms with Crippen LogP contribution in [0.15, 0.2) is 18.2 Å². The zero-order valence-electron chi connectivity index (χ0n) is 10.2. The van der Waals surface area contributed by atoms with E-state index in [1.807, 2.05) is 0 Å². The molecule has 5 heteroatoms. The zero-order chi connectivity index (χ0) is 12.5. The third-order valence-corrected chi connectivity index (χ3v) is 4.10. The van der Waals surface area contributed by atoms with E-state index in [9.17, 15) is 4.79 Å². The number of aryl methyl sites for hydroxylation is 1. The number of carbonyl (C=O) groups excluding carboxylic acids is 1. The van der Waals surface area contributed by atoms with Crippen molar-refractivity contribution < 1.29 is 4.79 Å². The van der Waals surface area contributed by atoms with Gasteiger partial charge in [0, 0.05) is 19.0 Å². The summed E-state index contributed by atoms with van der Waals surface area (Å²) in [5.41, 5.74) is 2.27. The molecule has 1 amide bonds. The third-order valence-electron chi connectivity index (χ3n) is 3.14. The highest BCUT2D eigenvalue weighted by molar-refractivity contribution is 7.22. The normalized spacial score (nSPS) is 19.8. The minimum Gasteiger partial charge on any atom is -0.357 e. The molecule has 94 valence electrons. The average molecular weight is 261 g/mol. The number of nitrogens with one attached hydrogen (secondary N) is 2. The Labute approximate surface area is 109 Å². The number of amides is 1. The Hall–Kier alpha value is -1.62. The van der Waals surface area contributed by atoms with Gasteiger partial charge in [-0.3, -0.25) is 4.79 Å². The zero-order valence-corrected chi connectivity index (χ0v) is 11.0. The van der Waals surface area contributed by atoms with Gasteiger partial charge in [-0.25, -0.2) is 4.98 Å². The number of thiazole rings is 1. The number of rotatable bonds is 2. The van der Waals surface area contributed by atoms with Gasteiger partial charge in [0.1, 0.15) is 0 Å². The predicted molar refractivity (Wildman–Crippen MR) is 74.0 cm³/mol. The number of hydrogen-bond donors (Lipinski definition) is 2. The molecule has 1 unspecified atom stereocenters. The van der Waals surface area contributed by atoms with Gasteiger partial charge in [0.05, 0.1) is 10.2 Å². The van der Waals surface area contributed by atoms with Gasteiger partial charge in [-0.05, 0) is 31.0 Å². The Balaban J connectivity index is 1.76. The highest BCUT2D eigenvalue weighted by atomic mass is 32.1. The van der Waals surface area contributed by atoms with Crippen LogP contribution >= 0.6 is 11.3 Å². The lowest BCUT2D eigenvalue weighted by molar-refractivity contribution is -0.122. The molecule has 4 nitrogen and oxygen atoms in total. The van der Waals surface area contributed by atoms with E-state index >= 15 is 0 Å². The van der Waals surface area contributed by atoms with Gasteiger partial charge in [0.15, 0.2) is 5.13 Å². The lowest BCUT2D eigenvalue weighted by Crippen LogP contribution is -2.41. The van der Waals surface area contributed by atoms with E-state index in [2.05, 4.69) is 40.7 Å². The summed E-state index contributed by atoms with van der Waals surface area (Å²) < 4.78 is 1.20. The van der Waals surface area contributed by atoms with Crippen molar-refractivity contribution in [2.45, 2.75) is 25.8 Å². The first-order chi connectivity index (χ1) is 8.70. The molecule has 1 saturated heterocycles. The maximum absolute atomic E-state index is 11.1. The fourth-order valence-electron chi connectivity index (χ4n) is 2.13. The topological polar surface area (TPSA) is 54.0 Å². The number of carbonyl (C=O) groups is 1. The SMILES string of the molecule is Cc1ccc2sc(NC3CCC(=O)NC3)nc2c1. The summed E-state index contributed by atoms with van der Waals surface area (Å²) in [6, 6.07) is 6.60. The first-order valence-electron chi connectivity index (χ1n) is 6.11. The van der Waals surface area contributed by atoms with E-state index in [-0.39, 0.29) is 5.91 Å². The van der Waals surface area contributed by atoms with E-state index in [0.717, 1.165) is 17.1 Å². The predicted octanol–water partition coefficient (Wildman–Crippen LogP) is 2.30. The van der Waals surface area contributed by atoms with Crippen LogP contribution in [0.2, 0.25) is 0 Å². The van der Waals surface area contributed by atoms with Crippen LogP contribution in [0.25, 0.3) is 10.2 Å². The second kappa shape index (κ2) is 4.57. The van der Waals surface area contributed by atoms with Gasteiger partial charge in [0.25, 0.3) is 0 Å². The summed E-state index contributed by atoms with van der Waals surface area (Å²) in [6.07, 6.45) is 1.47. The molecule has 1 atom stereocenters. The Morgan fingerprint density at radius 3 is 3.17 bits per heavy atom. The number of aromatic nitrogens is 1. The molecule has 1 aromatic heterocycles. The number of anilines is 1. The van der Waals surface area contributed by atoms with Gasteiger partial charge in [0.2, 0.25) is 5.91 Å². The smallest absolute Gasteiger partial charge is 0.220 e. The molecule has 2 heterocycles. The fraction of sp³-hybridized carbons (Fsp3) is 0.385. The number of fused-ring (bicyclic) bond motifs is 1. The van der Waals surface area contributed by atoms with Crippen LogP contribution < -0.4 is 10.6 Å². The van der Waals surface area contributed by atoms with E-state index < -0.39 is 0 Å². The van der Waals surface area contributed by atoms with Crippen molar-refractivity contribution in [2.75, 3.05) is 11.9 Å². The van der Waals surface area contributed by atoms with Gasteiger partial charge in [-0.15, -0.1) is 0 Å². The van der Waals surface area contributed by atoms with Crippen LogP contribution in [0.5, 0.6) is 0 Å². The molecule has 1 aliphatic rings. The molecular formula is C13H15N3OS. The molecule has 0 bridgehead atoms. The lowest BCUT2D eigenvalue weighted by Gasteiger charge is -2.22. The molecule has 0 saturated carbocycles. The van der Waals surface area contributed by atoms with Crippen molar-refractivity contribution >= 4 is 32.6 Å². The molecule has 0 aliphatic carbocycles. The Kier molecular flexibility index (Phi) is 2.91. The molecule has 0 radical (unpaired) electrons. The highest BCUT2D eigenvalue weighted by Crippen LogP contribution is 2.27. The summed E-state index contributed by atoms with van der Waals surface area (Å²) in [6.45, 7) is 2.76. The molecule has 2 N–H and O–H groups in total. The van der Waals surface area contributed by atoms with Crippen LogP contribution in [-0.2, 0) is 4.79 Å². The van der Waals surface area contributed by atoms with Gasteiger partial charge < -0.3 is 10.6 Å². The lowest BCUT2D eigenvalue weighted by atomic mass is 10.1. The number of benzene rings is 1. The summed E-state index contributed by atoms with van der Waals surface area (Å²) in [7, 11) is 0. The second-order valence-electron chi connectivity index (χ2n) is 4.67. The third kappa shape index (κ3) is 2.31. The largest absolute Gasteiger partial charge is 0.357 e. The first-order valence-corrected chi connectivity index (χ1v) is 6.93. The molecule has 1 aromatic carbocycles. The molecule has 1 aliphatic heterocycles. The summed E-state index contributed by atoms with van der Waals surface area (Å²) >= 11 is 1.67. The quantitative estimate of drug-likeness (QED) is 0.872. The van der Waals surface area contributed by atoms with Crippen molar-refractivity contribution in [1.82, 2.24) is 10.3 Å². The molecule has 18 heavy (non-hydrogen) atoms. The fourth-order valence-corrected chi connectivity index (χ4v) is 3.05. The van der Waals surface area contributed by atoms with E-state index in [4.69, 9.17) is 0 Å². The van der Waals surface area contributed by atoms with Crippen LogP contribution in [0.3, 0.4) is 0 Å². The van der Waals surface area contributed by atoms with Crippen molar-refractivity contribution in [3.63, 3.8) is 0 Å². The van der Waals surface area contributed by atoms with Gasteiger partial charge in [-0.1, -0.05) is 17.4 Å². The molecular weight excluding hydrogens is 246 g/mol. The standard InChI is InChI=1S/C13H15N3OS/c1-8-2-4-11-10(6-8)16-13(18-11)15-9-3-5-12(17)14-7-9/h2,4,6,9H,3,5,7H2,1H3,(H,14,17)(H,15,16). The minimum atomic E-state index is 0.146. The summed E-state index contributed by atoms with van der Waals surface area (Å²) in [5.74, 6) is 0.146. The van der Waals surface area contributed by atoms with Crippen LogP contribution in [0, 0.1) is 6.92 Å². The second-order valence-corrected chi connectivity index (χ2v) is 5.70. The first kappa shape index (κ1) is 11.5. The van der Waals surface area contributed by atoms with Crippen LogP contribution in [-0.4, -0.2) is 23.5 Å². The van der Waals surface area contributed by atoms with Gasteiger partial charge >= 0.3 is 0 Å². The summed E-state index contributed by atoms with van der Waals surface area (Å²) in [4.78, 5) is 15.7. The molecule has 3 rings (SSSR count). The average Bonchev–Trinajstić information content (AvgIpc) is 2.73. The molecule has 1 fully saturated rings. The van der Waals surface area contributed by atoms with Crippen LogP contribution in [0.1, 0.15) is 18.4 Å². The Morgan fingerprint density at radius 2 is 2.39 bits per heavy atom.